The quantitative estimate of drug-likeness (QED) is 0.300. The van der Waals surface area contributed by atoms with Crippen LogP contribution in [0.5, 0.6) is 5.88 Å². The molecule has 1 fully saturated rings. The molecule has 1 amide bonds. The van der Waals surface area contributed by atoms with Gasteiger partial charge in [0.1, 0.15) is 11.4 Å². The average molecular weight is 534 g/mol. The maximum Gasteiger partial charge on any atom is 0.263 e. The first-order valence-corrected chi connectivity index (χ1v) is 12.9. The molecule has 0 saturated carbocycles. The molecule has 1 unspecified atom stereocenters. The maximum atomic E-state index is 14.4. The number of amides is 1. The van der Waals surface area contributed by atoms with Crippen LogP contribution in [-0.2, 0) is 0 Å². The number of methoxy groups -OCH3 is 1. The largest absolute Gasteiger partial charge is 0.481 e. The molecule has 3 aromatic heterocycles. The molecule has 4 heterocycles. The van der Waals surface area contributed by atoms with Crippen LogP contribution in [0.25, 0.3) is 27.6 Å². The van der Waals surface area contributed by atoms with Crippen molar-refractivity contribution in [2.75, 3.05) is 31.2 Å². The van der Waals surface area contributed by atoms with Crippen molar-refractivity contribution in [3.63, 3.8) is 0 Å². The Hall–Kier alpha value is -5.25. The lowest BCUT2D eigenvalue weighted by Crippen LogP contribution is -2.26. The van der Waals surface area contributed by atoms with Gasteiger partial charge in [0.25, 0.3) is 11.5 Å². The van der Waals surface area contributed by atoms with Crippen LogP contribution in [0.2, 0.25) is 0 Å². The monoisotopic (exact) mass is 533 g/mol. The summed E-state index contributed by atoms with van der Waals surface area (Å²) in [4.78, 5) is 41.5. The van der Waals surface area contributed by atoms with Gasteiger partial charge in [-0.2, -0.15) is 4.98 Å². The van der Waals surface area contributed by atoms with Crippen LogP contribution in [0.3, 0.4) is 0 Å². The molecule has 0 radical (unpaired) electrons. The van der Waals surface area contributed by atoms with Gasteiger partial charge in [0, 0.05) is 42.9 Å². The van der Waals surface area contributed by atoms with Crippen LogP contribution >= 0.6 is 0 Å². The topological polar surface area (TPSA) is 128 Å². The number of benzene rings is 2. The number of fused-ring (bicyclic) bond motifs is 1. The summed E-state index contributed by atoms with van der Waals surface area (Å²) in [6.07, 6.45) is 3.10. The molecule has 0 bridgehead atoms. The number of aromatic nitrogens is 4. The van der Waals surface area contributed by atoms with Crippen molar-refractivity contribution in [3.05, 3.63) is 101 Å². The summed E-state index contributed by atoms with van der Waals surface area (Å²) in [6.45, 7) is 3.31. The third kappa shape index (κ3) is 4.60. The number of carbonyl (C=O) groups excluding carboxylic acids is 1. The maximum absolute atomic E-state index is 14.4. The van der Waals surface area contributed by atoms with Gasteiger partial charge in [-0.3, -0.25) is 14.2 Å². The van der Waals surface area contributed by atoms with Gasteiger partial charge in [-0.15, -0.1) is 0 Å². The van der Waals surface area contributed by atoms with Gasteiger partial charge in [-0.25, -0.2) is 9.97 Å². The fourth-order valence-electron chi connectivity index (χ4n) is 4.84. The van der Waals surface area contributed by atoms with E-state index in [0.717, 1.165) is 16.5 Å². The molecule has 5 aromatic rings. The molecule has 40 heavy (non-hydrogen) atoms. The Bertz CT molecular complexity index is 1800. The Balaban J connectivity index is 1.53. The summed E-state index contributed by atoms with van der Waals surface area (Å²) < 4.78 is 7.02. The third-order valence-electron chi connectivity index (χ3n) is 6.91. The number of nitrogens with zero attached hydrogens (tertiary/aromatic N) is 5. The zero-order valence-electron chi connectivity index (χ0n) is 22.0. The van der Waals surface area contributed by atoms with Crippen molar-refractivity contribution in [1.29, 1.82) is 0 Å². The molecular formula is C30H27N7O3. The van der Waals surface area contributed by atoms with E-state index in [0.29, 0.717) is 47.1 Å². The normalized spacial score (nSPS) is 13.2. The molecule has 2 aromatic carbocycles. The van der Waals surface area contributed by atoms with E-state index in [1.165, 1.54) is 6.20 Å². The van der Waals surface area contributed by atoms with Crippen LogP contribution in [0.15, 0.2) is 83.9 Å². The third-order valence-corrected chi connectivity index (χ3v) is 6.91. The summed E-state index contributed by atoms with van der Waals surface area (Å²) >= 11 is 0. The zero-order chi connectivity index (χ0) is 27.8. The molecule has 200 valence electrons. The Kier molecular flexibility index (Phi) is 6.35. The number of para-hydroxylation sites is 1. The predicted octanol–water partition coefficient (Wildman–Crippen LogP) is 4.06. The molecule has 10 heteroatoms. The first kappa shape index (κ1) is 25.1. The van der Waals surface area contributed by atoms with E-state index in [9.17, 15) is 9.59 Å². The zero-order valence-corrected chi connectivity index (χ0v) is 22.0. The van der Waals surface area contributed by atoms with Crippen molar-refractivity contribution < 1.29 is 9.53 Å². The molecule has 1 atom stereocenters. The summed E-state index contributed by atoms with van der Waals surface area (Å²) in [6, 6.07) is 20.4. The smallest absolute Gasteiger partial charge is 0.263 e. The van der Waals surface area contributed by atoms with Gasteiger partial charge in [-0.1, -0.05) is 36.4 Å². The highest BCUT2D eigenvalue weighted by Gasteiger charge is 2.29. The van der Waals surface area contributed by atoms with Crippen LogP contribution in [-0.4, -0.2) is 50.5 Å². The number of nitrogen functional groups attached to an aromatic ring is 1. The van der Waals surface area contributed by atoms with Crippen molar-refractivity contribution in [3.8, 4) is 22.7 Å². The van der Waals surface area contributed by atoms with E-state index in [1.807, 2.05) is 73.7 Å². The minimum atomic E-state index is -0.433. The number of anilines is 2. The van der Waals surface area contributed by atoms with Gasteiger partial charge < -0.3 is 20.7 Å². The summed E-state index contributed by atoms with van der Waals surface area (Å²) in [5.41, 5.74) is 9.04. The van der Waals surface area contributed by atoms with Crippen LogP contribution < -0.4 is 21.3 Å². The first-order chi connectivity index (χ1) is 19.4. The number of hydrogen-bond donors (Lipinski definition) is 2. The van der Waals surface area contributed by atoms with E-state index >= 15 is 0 Å². The van der Waals surface area contributed by atoms with Crippen LogP contribution in [0, 0.1) is 0 Å². The van der Waals surface area contributed by atoms with Gasteiger partial charge in [-0.05, 0) is 47.7 Å². The Labute approximate surface area is 230 Å². The number of carbonyl (C=O) groups is 1. The minimum Gasteiger partial charge on any atom is -0.481 e. The fourth-order valence-corrected chi connectivity index (χ4v) is 4.84. The minimum absolute atomic E-state index is 0.0495. The lowest BCUT2D eigenvalue weighted by Gasteiger charge is -2.23. The molecule has 6 rings (SSSR count). The Morgan fingerprint density at radius 2 is 1.85 bits per heavy atom. The lowest BCUT2D eigenvalue weighted by atomic mass is 9.98. The fraction of sp³-hybridized carbons (Fsp3) is 0.167. The first-order valence-electron chi connectivity index (χ1n) is 12.9. The average Bonchev–Trinajstić information content (AvgIpc) is 3.83. The summed E-state index contributed by atoms with van der Waals surface area (Å²) in [7, 11) is 1.56. The van der Waals surface area contributed by atoms with Crippen molar-refractivity contribution in [2.45, 2.75) is 13.0 Å². The van der Waals surface area contributed by atoms with Crippen molar-refractivity contribution in [1.82, 2.24) is 24.4 Å². The molecule has 0 aliphatic carbocycles. The summed E-state index contributed by atoms with van der Waals surface area (Å²) in [5, 5.41) is 4.67. The second-order valence-electron chi connectivity index (χ2n) is 9.55. The Morgan fingerprint density at radius 3 is 2.60 bits per heavy atom. The van der Waals surface area contributed by atoms with E-state index in [2.05, 4.69) is 20.3 Å². The highest BCUT2D eigenvalue weighted by atomic mass is 16.5. The predicted molar refractivity (Wildman–Crippen MR) is 154 cm³/mol. The number of rotatable bonds is 7. The van der Waals surface area contributed by atoms with Gasteiger partial charge in [0.05, 0.1) is 18.5 Å². The van der Waals surface area contributed by atoms with Gasteiger partial charge in [0.2, 0.25) is 11.8 Å². The summed E-state index contributed by atoms with van der Waals surface area (Å²) in [5.74, 6) is 0.672. The van der Waals surface area contributed by atoms with Crippen LogP contribution in [0.1, 0.15) is 29.0 Å². The van der Waals surface area contributed by atoms with Crippen molar-refractivity contribution >= 4 is 28.4 Å². The molecule has 1 aliphatic heterocycles. The number of ether oxygens (including phenoxy) is 1. The highest BCUT2D eigenvalue weighted by molar-refractivity contribution is 6.00. The highest BCUT2D eigenvalue weighted by Crippen LogP contribution is 2.31. The van der Waals surface area contributed by atoms with Crippen molar-refractivity contribution in [2.24, 2.45) is 0 Å². The van der Waals surface area contributed by atoms with E-state index in [-0.39, 0.29) is 17.4 Å². The lowest BCUT2D eigenvalue weighted by molar-refractivity contribution is 0.0885. The second kappa shape index (κ2) is 10.1. The van der Waals surface area contributed by atoms with E-state index in [4.69, 9.17) is 10.5 Å². The molecule has 1 aliphatic rings. The van der Waals surface area contributed by atoms with Crippen LogP contribution in [0.4, 0.5) is 11.8 Å². The number of nitrogens with one attached hydrogen (secondary N) is 1. The van der Waals surface area contributed by atoms with Gasteiger partial charge >= 0.3 is 0 Å². The molecule has 1 saturated heterocycles. The number of nitrogens with two attached hydrogens (primary N) is 1. The van der Waals surface area contributed by atoms with E-state index in [1.54, 1.807) is 22.8 Å². The number of hydrogen-bond acceptors (Lipinski definition) is 8. The molecule has 10 nitrogen and oxygen atoms in total. The number of pyridine rings is 2. The van der Waals surface area contributed by atoms with E-state index < -0.39 is 6.04 Å². The van der Waals surface area contributed by atoms with Gasteiger partial charge in [0.15, 0.2) is 0 Å². The standard InChI is InChI=1S/C30H27N7O3/c1-18(34-27-23(17-33-30(31)35-27)28(38)36-13-14-36)24-15-20-7-6-10-22(19-11-12-32-25(16-19)40-2)26(20)29(39)37(24)21-8-4-3-5-9-21/h3-12,15-18H,13-14H2,1-2H3,(H3,31,33,34,35). The molecule has 3 N–H and O–H groups in total. The second-order valence-corrected chi connectivity index (χ2v) is 9.55. The molecule has 0 spiro atoms. The molecular weight excluding hydrogens is 506 g/mol. The Morgan fingerprint density at radius 1 is 1.05 bits per heavy atom. The SMILES string of the molecule is COc1cc(-c2cccc3cc(C(C)Nc4nc(N)ncc4C(=O)N4CC4)n(-c4ccccc4)c(=O)c23)ccn1.